The van der Waals surface area contributed by atoms with E-state index in [1.54, 1.807) is 6.26 Å². The number of rotatable bonds is 3. The van der Waals surface area contributed by atoms with Gasteiger partial charge in [0.25, 0.3) is 0 Å². The Morgan fingerprint density at radius 3 is 2.58 bits per heavy atom. The largest absolute Gasteiger partial charge is 0.497 e. The summed E-state index contributed by atoms with van der Waals surface area (Å²) in [7, 11) is 0. The van der Waals surface area contributed by atoms with E-state index in [2.05, 4.69) is 64.5 Å². The minimum Gasteiger partial charge on any atom is -0.497 e. The van der Waals surface area contributed by atoms with Gasteiger partial charge in [-0.25, -0.2) is 0 Å². The third-order valence-corrected chi connectivity index (χ3v) is 6.84. The van der Waals surface area contributed by atoms with Crippen LogP contribution in [0.4, 0.5) is 0 Å². The highest BCUT2D eigenvalue weighted by Gasteiger charge is 2.21. The lowest BCUT2D eigenvalue weighted by Gasteiger charge is -2.26. The van der Waals surface area contributed by atoms with E-state index in [0.717, 1.165) is 36.3 Å². The van der Waals surface area contributed by atoms with Crippen molar-refractivity contribution in [1.82, 2.24) is 0 Å². The van der Waals surface area contributed by atoms with E-state index < -0.39 is 0 Å². The first-order valence-corrected chi connectivity index (χ1v) is 12.3. The van der Waals surface area contributed by atoms with Gasteiger partial charge in [0, 0.05) is 4.47 Å². The van der Waals surface area contributed by atoms with Crippen LogP contribution in [-0.2, 0) is 17.6 Å². The van der Waals surface area contributed by atoms with Crippen LogP contribution >= 0.6 is 15.9 Å². The van der Waals surface area contributed by atoms with Crippen molar-refractivity contribution in [2.75, 3.05) is 13.2 Å². The SMILES string of the molecule is Brc1cccc(OC[C@H]2CCc3c(ccc4c3ccc3ccccc34)C2)c1.C1=CCOC=C1. The van der Waals surface area contributed by atoms with Crippen molar-refractivity contribution < 1.29 is 9.47 Å². The highest BCUT2D eigenvalue weighted by Crippen LogP contribution is 2.35. The Morgan fingerprint density at radius 1 is 0.879 bits per heavy atom. The number of ether oxygens (including phenoxy) is 2. The van der Waals surface area contributed by atoms with Gasteiger partial charge in [0.2, 0.25) is 0 Å². The number of fused-ring (bicyclic) bond motifs is 5. The first kappa shape index (κ1) is 21.8. The van der Waals surface area contributed by atoms with Crippen LogP contribution in [-0.4, -0.2) is 13.2 Å². The first-order valence-electron chi connectivity index (χ1n) is 11.5. The van der Waals surface area contributed by atoms with Gasteiger partial charge in [-0.1, -0.05) is 76.6 Å². The molecule has 0 fully saturated rings. The summed E-state index contributed by atoms with van der Waals surface area (Å²) in [5.41, 5.74) is 3.03. The molecule has 4 aromatic rings. The van der Waals surface area contributed by atoms with Crippen molar-refractivity contribution in [3.8, 4) is 5.75 Å². The summed E-state index contributed by atoms with van der Waals surface area (Å²) in [6, 6.07) is 26.0. The zero-order valence-corrected chi connectivity index (χ0v) is 20.1. The number of aryl methyl sites for hydroxylation is 1. The molecule has 1 heterocycles. The summed E-state index contributed by atoms with van der Waals surface area (Å²) >= 11 is 3.51. The van der Waals surface area contributed by atoms with Crippen LogP contribution in [0.1, 0.15) is 17.5 Å². The lowest BCUT2D eigenvalue weighted by atomic mass is 9.81. The first-order chi connectivity index (χ1) is 16.3. The van der Waals surface area contributed by atoms with Crippen LogP contribution in [0.5, 0.6) is 5.75 Å². The molecular weight excluding hydrogens is 472 g/mol. The van der Waals surface area contributed by atoms with Gasteiger partial charge >= 0.3 is 0 Å². The van der Waals surface area contributed by atoms with Crippen molar-refractivity contribution >= 4 is 37.5 Å². The number of hydrogen-bond acceptors (Lipinski definition) is 2. The second kappa shape index (κ2) is 10.3. The Bertz CT molecular complexity index is 1310. The topological polar surface area (TPSA) is 18.5 Å². The Hall–Kier alpha value is -3.04. The van der Waals surface area contributed by atoms with Crippen molar-refractivity contribution in [3.05, 3.63) is 113 Å². The highest BCUT2D eigenvalue weighted by molar-refractivity contribution is 9.10. The van der Waals surface area contributed by atoms with Crippen LogP contribution in [0.3, 0.4) is 0 Å². The third-order valence-electron chi connectivity index (χ3n) is 6.34. The van der Waals surface area contributed by atoms with Crippen molar-refractivity contribution in [3.63, 3.8) is 0 Å². The predicted molar refractivity (Wildman–Crippen MR) is 141 cm³/mol. The Labute approximate surface area is 203 Å². The Balaban J connectivity index is 0.000000332. The molecule has 3 heteroatoms. The molecule has 4 aromatic carbocycles. The lowest BCUT2D eigenvalue weighted by Crippen LogP contribution is -2.21. The molecule has 0 saturated carbocycles. The highest BCUT2D eigenvalue weighted by atomic mass is 79.9. The molecule has 1 aliphatic carbocycles. The molecule has 0 unspecified atom stereocenters. The minimum absolute atomic E-state index is 0.578. The molecule has 0 radical (unpaired) electrons. The van der Waals surface area contributed by atoms with Crippen LogP contribution in [0, 0.1) is 5.92 Å². The van der Waals surface area contributed by atoms with Crippen LogP contribution < -0.4 is 4.74 Å². The van der Waals surface area contributed by atoms with E-state index in [0.29, 0.717) is 5.92 Å². The molecule has 0 aromatic heterocycles. The smallest absolute Gasteiger partial charge is 0.120 e. The molecule has 0 saturated heterocycles. The van der Waals surface area contributed by atoms with Gasteiger partial charge < -0.3 is 9.47 Å². The van der Waals surface area contributed by atoms with E-state index in [1.165, 1.54) is 39.1 Å². The molecule has 0 N–H and O–H groups in total. The fourth-order valence-electron chi connectivity index (χ4n) is 4.70. The van der Waals surface area contributed by atoms with Gasteiger partial charge in [-0.05, 0) is 88.2 Å². The van der Waals surface area contributed by atoms with Crippen LogP contribution in [0.2, 0.25) is 0 Å². The third kappa shape index (κ3) is 5.15. The average Bonchev–Trinajstić information content (AvgIpc) is 2.88. The van der Waals surface area contributed by atoms with Crippen molar-refractivity contribution in [2.24, 2.45) is 5.92 Å². The zero-order valence-electron chi connectivity index (χ0n) is 18.5. The minimum atomic E-state index is 0.578. The van der Waals surface area contributed by atoms with E-state index in [4.69, 9.17) is 9.47 Å². The molecule has 6 rings (SSSR count). The fraction of sp³-hybridized carbons (Fsp3) is 0.200. The van der Waals surface area contributed by atoms with E-state index >= 15 is 0 Å². The summed E-state index contributed by atoms with van der Waals surface area (Å²) in [6.07, 6.45) is 10.9. The normalized spacial score (nSPS) is 16.6. The van der Waals surface area contributed by atoms with Gasteiger partial charge in [-0.3, -0.25) is 0 Å². The molecule has 2 aliphatic rings. The molecule has 166 valence electrons. The average molecular weight is 499 g/mol. The van der Waals surface area contributed by atoms with Gasteiger partial charge in [0.15, 0.2) is 0 Å². The van der Waals surface area contributed by atoms with Crippen LogP contribution in [0.15, 0.2) is 102 Å². The van der Waals surface area contributed by atoms with Gasteiger partial charge in [-0.2, -0.15) is 0 Å². The van der Waals surface area contributed by atoms with Crippen molar-refractivity contribution in [2.45, 2.75) is 19.3 Å². The fourth-order valence-corrected chi connectivity index (χ4v) is 5.08. The summed E-state index contributed by atoms with van der Waals surface area (Å²) in [5.74, 6) is 1.52. The molecule has 33 heavy (non-hydrogen) atoms. The predicted octanol–water partition coefficient (Wildman–Crippen LogP) is 8.03. The molecule has 0 spiro atoms. The summed E-state index contributed by atoms with van der Waals surface area (Å²) in [4.78, 5) is 0. The maximum atomic E-state index is 6.06. The lowest BCUT2D eigenvalue weighted by molar-refractivity contribution is 0.234. The Morgan fingerprint density at radius 2 is 1.79 bits per heavy atom. The second-order valence-electron chi connectivity index (χ2n) is 8.55. The number of allylic oxidation sites excluding steroid dienone is 2. The quantitative estimate of drug-likeness (QED) is 0.266. The number of halogens is 1. The molecule has 0 bridgehead atoms. The molecule has 1 aliphatic heterocycles. The van der Waals surface area contributed by atoms with Gasteiger partial charge in [-0.15, -0.1) is 0 Å². The summed E-state index contributed by atoms with van der Waals surface area (Å²) in [6.45, 7) is 1.52. The monoisotopic (exact) mass is 498 g/mol. The number of hydrogen-bond donors (Lipinski definition) is 0. The number of benzene rings is 4. The molecule has 0 amide bonds. The van der Waals surface area contributed by atoms with Gasteiger partial charge in [0.1, 0.15) is 12.4 Å². The summed E-state index contributed by atoms with van der Waals surface area (Å²) in [5, 5.41) is 5.49. The molecular formula is C30H27BrO2. The Kier molecular flexibility index (Phi) is 6.78. The summed E-state index contributed by atoms with van der Waals surface area (Å²) < 4.78 is 11.9. The van der Waals surface area contributed by atoms with Crippen LogP contribution in [0.25, 0.3) is 21.5 Å². The van der Waals surface area contributed by atoms with Crippen molar-refractivity contribution in [1.29, 1.82) is 0 Å². The van der Waals surface area contributed by atoms with E-state index in [9.17, 15) is 0 Å². The van der Waals surface area contributed by atoms with E-state index in [1.807, 2.05) is 42.5 Å². The maximum absolute atomic E-state index is 6.06. The molecule has 2 nitrogen and oxygen atoms in total. The maximum Gasteiger partial charge on any atom is 0.120 e. The second-order valence-corrected chi connectivity index (χ2v) is 9.47. The van der Waals surface area contributed by atoms with E-state index in [-0.39, 0.29) is 0 Å². The zero-order chi connectivity index (χ0) is 22.5. The standard InChI is InChI=1S/C25H21BrO.C5H6O/c26-20-5-3-6-21(15-20)27-16-17-8-11-23-19(14-17)10-13-24-22-7-2-1-4-18(22)9-12-25(23)24;1-2-4-6-5-3-1/h1-7,9-10,12-13,15,17H,8,11,14,16H2;1-4H,5H2/t17-;/m0./s1. The van der Waals surface area contributed by atoms with Gasteiger partial charge in [0.05, 0.1) is 12.9 Å². The molecule has 1 atom stereocenters.